The van der Waals surface area contributed by atoms with Gasteiger partial charge in [0.25, 0.3) is 0 Å². The number of rotatable bonds is 15. The molecule has 0 radical (unpaired) electrons. The third kappa shape index (κ3) is 9.88. The number of aliphatic hydroxyl groups is 1. The molecule has 0 aliphatic rings. The first-order chi connectivity index (χ1) is 15.6. The molecule has 1 aromatic rings. The van der Waals surface area contributed by atoms with Gasteiger partial charge in [0.2, 0.25) is 17.7 Å². The predicted octanol–water partition coefficient (Wildman–Crippen LogP) is -2.96. The molecule has 0 aliphatic heterocycles. The van der Waals surface area contributed by atoms with Gasteiger partial charge in [0.1, 0.15) is 18.1 Å². The highest BCUT2D eigenvalue weighted by atomic mass is 32.2. The third-order valence-corrected chi connectivity index (χ3v) is 5.03. The number of amides is 3. The summed E-state index contributed by atoms with van der Waals surface area (Å²) >= 11 is 1.46. The Kier molecular flexibility index (Phi) is 11.9. The number of nitrogens with two attached hydrogens (primary N) is 1. The molecule has 3 amide bonds. The number of carboxylic acid groups (broad SMARTS) is 2. The van der Waals surface area contributed by atoms with Gasteiger partial charge in [0.15, 0.2) is 0 Å². The first-order valence-corrected chi connectivity index (χ1v) is 11.2. The van der Waals surface area contributed by atoms with Gasteiger partial charge in [-0.25, -0.2) is 9.78 Å². The zero-order chi connectivity index (χ0) is 25.0. The van der Waals surface area contributed by atoms with Crippen LogP contribution in [0.5, 0.6) is 0 Å². The van der Waals surface area contributed by atoms with Gasteiger partial charge in [-0.1, -0.05) is 0 Å². The molecule has 4 unspecified atom stereocenters. The maximum absolute atomic E-state index is 12.8. The molecule has 0 saturated heterocycles. The van der Waals surface area contributed by atoms with Gasteiger partial charge in [-0.3, -0.25) is 19.2 Å². The minimum Gasteiger partial charge on any atom is -0.481 e. The fourth-order valence-electron chi connectivity index (χ4n) is 2.59. The Hall–Kier alpha value is -3.17. The number of aromatic nitrogens is 2. The Balaban J connectivity index is 3.00. The van der Waals surface area contributed by atoms with E-state index >= 15 is 0 Å². The van der Waals surface area contributed by atoms with Crippen molar-refractivity contribution in [3.05, 3.63) is 18.2 Å². The van der Waals surface area contributed by atoms with Gasteiger partial charge < -0.3 is 42.0 Å². The van der Waals surface area contributed by atoms with Gasteiger partial charge in [0, 0.05) is 18.3 Å². The van der Waals surface area contributed by atoms with Crippen LogP contribution in [0.1, 0.15) is 18.5 Å². The Morgan fingerprint density at radius 2 is 1.67 bits per heavy atom. The van der Waals surface area contributed by atoms with Crippen LogP contribution in [0.15, 0.2) is 12.5 Å². The van der Waals surface area contributed by atoms with Gasteiger partial charge >= 0.3 is 11.9 Å². The molecule has 14 nitrogen and oxygen atoms in total. The number of aromatic amines is 1. The highest BCUT2D eigenvalue weighted by Gasteiger charge is 2.31. The van der Waals surface area contributed by atoms with Crippen molar-refractivity contribution in [2.45, 2.75) is 43.4 Å². The van der Waals surface area contributed by atoms with Crippen molar-refractivity contribution in [3.8, 4) is 0 Å². The molecule has 9 N–H and O–H groups in total. The second-order valence-electron chi connectivity index (χ2n) is 6.97. The van der Waals surface area contributed by atoms with Gasteiger partial charge in [-0.05, 0) is 18.4 Å². The molecule has 1 aromatic heterocycles. The van der Waals surface area contributed by atoms with E-state index in [0.29, 0.717) is 17.9 Å². The molecular formula is C18H28N6O8S. The van der Waals surface area contributed by atoms with Crippen molar-refractivity contribution in [2.24, 2.45) is 5.73 Å². The average molecular weight is 489 g/mol. The van der Waals surface area contributed by atoms with E-state index in [-0.39, 0.29) is 6.42 Å². The molecule has 1 heterocycles. The van der Waals surface area contributed by atoms with E-state index in [1.54, 1.807) is 0 Å². The number of imidazole rings is 1. The summed E-state index contributed by atoms with van der Waals surface area (Å²) in [7, 11) is 0. The number of aliphatic carboxylic acids is 2. The summed E-state index contributed by atoms with van der Waals surface area (Å²) in [6.07, 6.45) is 3.88. The monoisotopic (exact) mass is 488 g/mol. The second-order valence-corrected chi connectivity index (χ2v) is 7.96. The predicted molar refractivity (Wildman–Crippen MR) is 116 cm³/mol. The van der Waals surface area contributed by atoms with Crippen molar-refractivity contribution in [1.82, 2.24) is 25.9 Å². The van der Waals surface area contributed by atoms with Crippen LogP contribution in [0.25, 0.3) is 0 Å². The van der Waals surface area contributed by atoms with Gasteiger partial charge in [0.05, 0.1) is 25.4 Å². The van der Waals surface area contributed by atoms with E-state index in [0.717, 1.165) is 0 Å². The van der Waals surface area contributed by atoms with Crippen LogP contribution < -0.4 is 21.7 Å². The van der Waals surface area contributed by atoms with Crippen LogP contribution in [-0.2, 0) is 30.4 Å². The fraction of sp³-hybridized carbons (Fsp3) is 0.556. The number of nitrogens with one attached hydrogen (secondary N) is 4. The highest BCUT2D eigenvalue weighted by Crippen LogP contribution is 2.04. The lowest BCUT2D eigenvalue weighted by molar-refractivity contribution is -0.144. The second kappa shape index (κ2) is 14.1. The number of hydrogen-bond donors (Lipinski definition) is 8. The summed E-state index contributed by atoms with van der Waals surface area (Å²) < 4.78 is 0. The Bertz CT molecular complexity index is 821. The molecule has 4 atom stereocenters. The average Bonchev–Trinajstić information content (AvgIpc) is 3.27. The molecule has 15 heteroatoms. The van der Waals surface area contributed by atoms with Crippen molar-refractivity contribution in [2.75, 3.05) is 18.6 Å². The number of carbonyl (C=O) groups is 5. The lowest BCUT2D eigenvalue weighted by atomic mass is 10.1. The molecule has 0 spiro atoms. The van der Waals surface area contributed by atoms with Crippen LogP contribution in [0, 0.1) is 0 Å². The van der Waals surface area contributed by atoms with E-state index in [1.807, 2.05) is 6.26 Å². The van der Waals surface area contributed by atoms with Gasteiger partial charge in [-0.15, -0.1) is 0 Å². The Morgan fingerprint density at radius 3 is 2.18 bits per heavy atom. The summed E-state index contributed by atoms with van der Waals surface area (Å²) in [5, 5.41) is 34.0. The fourth-order valence-corrected chi connectivity index (χ4v) is 3.08. The van der Waals surface area contributed by atoms with Crippen LogP contribution in [-0.4, -0.2) is 97.7 Å². The maximum atomic E-state index is 12.8. The summed E-state index contributed by atoms with van der Waals surface area (Å²) in [5.41, 5.74) is 6.17. The summed E-state index contributed by atoms with van der Waals surface area (Å²) in [6.45, 7) is -0.891. The highest BCUT2D eigenvalue weighted by molar-refractivity contribution is 7.98. The number of hydrogen-bond acceptors (Lipinski definition) is 9. The normalized spacial score (nSPS) is 14.4. The third-order valence-electron chi connectivity index (χ3n) is 4.39. The van der Waals surface area contributed by atoms with E-state index in [9.17, 15) is 24.0 Å². The van der Waals surface area contributed by atoms with E-state index in [1.165, 1.54) is 24.3 Å². The standard InChI is InChI=1S/C18H28N6O8S/c1-33-3-2-10(19)15(28)22-12(5-14(26)27)17(30)23-11(4-9-6-20-8-21-9)16(29)24-13(7-25)18(31)32/h6,8,10-13,25H,2-5,7,19H2,1H3,(H,20,21)(H,22,28)(H,23,30)(H,24,29)(H,26,27)(H,31,32). The number of carbonyl (C=O) groups excluding carboxylic acids is 3. The lowest BCUT2D eigenvalue weighted by Gasteiger charge is -2.24. The number of nitrogens with zero attached hydrogens (tertiary/aromatic N) is 1. The molecule has 0 saturated carbocycles. The zero-order valence-electron chi connectivity index (χ0n) is 17.8. The lowest BCUT2D eigenvalue weighted by Crippen LogP contribution is -2.58. The van der Waals surface area contributed by atoms with Crippen molar-refractivity contribution < 1.29 is 39.3 Å². The first kappa shape index (κ1) is 27.9. The quantitative estimate of drug-likeness (QED) is 0.124. The zero-order valence-corrected chi connectivity index (χ0v) is 18.6. The van der Waals surface area contributed by atoms with E-state index < -0.39 is 66.9 Å². The molecule has 0 fully saturated rings. The molecule has 33 heavy (non-hydrogen) atoms. The number of H-pyrrole nitrogens is 1. The Morgan fingerprint density at radius 1 is 1.06 bits per heavy atom. The Labute approximate surface area is 193 Å². The number of aliphatic hydroxyl groups excluding tert-OH is 1. The summed E-state index contributed by atoms with van der Waals surface area (Å²) in [4.78, 5) is 66.5. The first-order valence-electron chi connectivity index (χ1n) is 9.77. The summed E-state index contributed by atoms with van der Waals surface area (Å²) in [5.74, 6) is -4.96. The number of carboxylic acids is 2. The maximum Gasteiger partial charge on any atom is 0.328 e. The summed E-state index contributed by atoms with van der Waals surface area (Å²) in [6, 6.07) is -5.50. The molecular weight excluding hydrogens is 460 g/mol. The minimum absolute atomic E-state index is 0.156. The van der Waals surface area contributed by atoms with Crippen LogP contribution in [0.2, 0.25) is 0 Å². The molecule has 0 aliphatic carbocycles. The SMILES string of the molecule is CSCCC(N)C(=O)NC(CC(=O)O)C(=O)NC(Cc1cnc[nH]1)C(=O)NC(CO)C(=O)O. The van der Waals surface area contributed by atoms with Crippen molar-refractivity contribution >= 4 is 41.4 Å². The molecule has 1 rings (SSSR count). The minimum atomic E-state index is -1.62. The smallest absolute Gasteiger partial charge is 0.328 e. The molecule has 0 bridgehead atoms. The molecule has 184 valence electrons. The van der Waals surface area contributed by atoms with Crippen molar-refractivity contribution in [1.29, 1.82) is 0 Å². The van der Waals surface area contributed by atoms with Crippen LogP contribution in [0.4, 0.5) is 0 Å². The largest absolute Gasteiger partial charge is 0.481 e. The van der Waals surface area contributed by atoms with Crippen LogP contribution in [0.3, 0.4) is 0 Å². The van der Waals surface area contributed by atoms with E-state index in [2.05, 4.69) is 25.9 Å². The number of thioether (sulfide) groups is 1. The van der Waals surface area contributed by atoms with Crippen molar-refractivity contribution in [3.63, 3.8) is 0 Å². The van der Waals surface area contributed by atoms with E-state index in [4.69, 9.17) is 21.1 Å². The van der Waals surface area contributed by atoms with Gasteiger partial charge in [-0.2, -0.15) is 11.8 Å². The molecule has 0 aromatic carbocycles. The van der Waals surface area contributed by atoms with Crippen LogP contribution >= 0.6 is 11.8 Å². The topological polar surface area (TPSA) is 237 Å².